The Hall–Kier alpha value is -2.08. The van der Waals surface area contributed by atoms with Crippen LogP contribution in [0.4, 0.5) is 32.0 Å². The van der Waals surface area contributed by atoms with Crippen LogP contribution in [0.2, 0.25) is 10.0 Å². The first kappa shape index (κ1) is 23.6. The average molecular weight is 517 g/mol. The minimum Gasteiger partial charge on any atom is -0.332 e. The smallest absolute Gasteiger partial charge is 0.332 e. The second-order valence-electron chi connectivity index (χ2n) is 6.09. The Bertz CT molecular complexity index is 1160. The monoisotopic (exact) mass is 516 g/mol. The Labute approximate surface area is 189 Å². The molecule has 0 radical (unpaired) electrons. The molecule has 164 valence electrons. The van der Waals surface area contributed by atoms with Crippen molar-refractivity contribution < 1.29 is 31.1 Å². The summed E-state index contributed by atoms with van der Waals surface area (Å²) in [7, 11) is 0. The van der Waals surface area contributed by atoms with Gasteiger partial charge in [0.05, 0.1) is 16.1 Å². The lowest BCUT2D eigenvalue weighted by molar-refractivity contribution is -0.143. The zero-order chi connectivity index (χ0) is 23.1. The summed E-state index contributed by atoms with van der Waals surface area (Å²) in [6, 6.07) is 5.63. The number of hydrogen-bond acceptors (Lipinski definition) is 3. The van der Waals surface area contributed by atoms with Crippen molar-refractivity contribution in [3.63, 3.8) is 0 Å². The SMILES string of the molecule is O=C(NC(=S)Nc1cc(C(F)(F)F)cc(C(F)(F)F)c1)c1sc2cc(Cl)ccc2c1Cl. The minimum atomic E-state index is -5.02. The molecule has 3 nitrogen and oxygen atoms in total. The highest BCUT2D eigenvalue weighted by molar-refractivity contribution is 7.80. The van der Waals surface area contributed by atoms with Gasteiger partial charge in [-0.2, -0.15) is 26.3 Å². The molecule has 0 atom stereocenters. The molecule has 0 unspecified atom stereocenters. The zero-order valence-corrected chi connectivity index (χ0v) is 17.9. The molecule has 2 aromatic carbocycles. The third kappa shape index (κ3) is 5.40. The van der Waals surface area contributed by atoms with E-state index in [4.69, 9.17) is 35.4 Å². The molecular weight excluding hydrogens is 509 g/mol. The van der Waals surface area contributed by atoms with Crippen LogP contribution >= 0.6 is 46.8 Å². The lowest BCUT2D eigenvalue weighted by atomic mass is 10.1. The number of thiophene rings is 1. The number of carbonyl (C=O) groups is 1. The Balaban J connectivity index is 1.84. The van der Waals surface area contributed by atoms with Gasteiger partial charge >= 0.3 is 12.4 Å². The van der Waals surface area contributed by atoms with Gasteiger partial charge in [-0.15, -0.1) is 11.3 Å². The van der Waals surface area contributed by atoms with E-state index in [1.165, 1.54) is 0 Å². The number of rotatable bonds is 2. The van der Waals surface area contributed by atoms with E-state index in [2.05, 4.69) is 10.6 Å². The first-order valence-corrected chi connectivity index (χ1v) is 10.0. The van der Waals surface area contributed by atoms with E-state index >= 15 is 0 Å². The third-order valence-corrected chi connectivity index (χ3v) is 5.97. The van der Waals surface area contributed by atoms with Gasteiger partial charge in [0.2, 0.25) is 0 Å². The van der Waals surface area contributed by atoms with Crippen LogP contribution in [0.1, 0.15) is 20.8 Å². The second-order valence-corrected chi connectivity index (χ2v) is 8.36. The van der Waals surface area contributed by atoms with Gasteiger partial charge in [-0.1, -0.05) is 29.3 Å². The van der Waals surface area contributed by atoms with E-state index < -0.39 is 40.2 Å². The van der Waals surface area contributed by atoms with Crippen LogP contribution in [0.5, 0.6) is 0 Å². The van der Waals surface area contributed by atoms with E-state index in [1.807, 2.05) is 0 Å². The Morgan fingerprint density at radius 1 is 0.935 bits per heavy atom. The summed E-state index contributed by atoms with van der Waals surface area (Å²) < 4.78 is 78.4. The van der Waals surface area contributed by atoms with Crippen LogP contribution in [0, 0.1) is 0 Å². The van der Waals surface area contributed by atoms with Crippen molar-refractivity contribution in [3.05, 3.63) is 62.4 Å². The number of amides is 1. The van der Waals surface area contributed by atoms with Crippen molar-refractivity contribution in [3.8, 4) is 0 Å². The van der Waals surface area contributed by atoms with Gasteiger partial charge < -0.3 is 5.32 Å². The molecular formula is C18H8Cl2F6N2OS2. The maximum atomic E-state index is 13.0. The number of alkyl halides is 6. The van der Waals surface area contributed by atoms with Gasteiger partial charge in [-0.25, -0.2) is 0 Å². The molecule has 3 aromatic rings. The zero-order valence-electron chi connectivity index (χ0n) is 14.7. The van der Waals surface area contributed by atoms with E-state index in [1.54, 1.807) is 18.2 Å². The molecule has 2 N–H and O–H groups in total. The Kier molecular flexibility index (Phi) is 6.43. The molecule has 13 heteroatoms. The van der Waals surface area contributed by atoms with Crippen molar-refractivity contribution in [1.82, 2.24) is 5.32 Å². The fourth-order valence-electron chi connectivity index (χ4n) is 2.53. The Morgan fingerprint density at radius 3 is 2.06 bits per heavy atom. The summed E-state index contributed by atoms with van der Waals surface area (Å²) in [6.45, 7) is 0. The molecule has 1 amide bonds. The van der Waals surface area contributed by atoms with E-state index in [-0.39, 0.29) is 16.0 Å². The largest absolute Gasteiger partial charge is 0.416 e. The molecule has 0 aliphatic heterocycles. The summed E-state index contributed by atoms with van der Waals surface area (Å²) in [5.74, 6) is -0.789. The van der Waals surface area contributed by atoms with Crippen molar-refractivity contribution in [1.29, 1.82) is 0 Å². The van der Waals surface area contributed by atoms with Crippen LogP contribution in [-0.2, 0) is 12.4 Å². The third-order valence-electron chi connectivity index (χ3n) is 3.87. The number of carbonyl (C=O) groups excluding carboxylic acids is 1. The van der Waals surface area contributed by atoms with Crippen LogP contribution < -0.4 is 10.6 Å². The number of benzene rings is 2. The first-order valence-electron chi connectivity index (χ1n) is 8.05. The summed E-state index contributed by atoms with van der Waals surface area (Å²) in [4.78, 5) is 12.5. The van der Waals surface area contributed by atoms with E-state index in [9.17, 15) is 31.1 Å². The lowest BCUT2D eigenvalue weighted by Gasteiger charge is -2.15. The molecule has 1 aromatic heterocycles. The van der Waals surface area contributed by atoms with Gasteiger partial charge in [-0.3, -0.25) is 10.1 Å². The van der Waals surface area contributed by atoms with Gasteiger partial charge in [0.15, 0.2) is 5.11 Å². The number of nitrogens with one attached hydrogen (secondary N) is 2. The predicted octanol–water partition coefficient (Wildman–Crippen LogP) is 7.37. The fourth-order valence-corrected chi connectivity index (χ4v) is 4.43. The molecule has 0 aliphatic carbocycles. The molecule has 3 rings (SSSR count). The highest BCUT2D eigenvalue weighted by Crippen LogP contribution is 2.38. The van der Waals surface area contributed by atoms with Crippen molar-refractivity contribution in [2.24, 2.45) is 0 Å². The van der Waals surface area contributed by atoms with Crippen LogP contribution in [0.3, 0.4) is 0 Å². The average Bonchev–Trinajstić information content (AvgIpc) is 2.95. The summed E-state index contributed by atoms with van der Waals surface area (Å²) in [6.07, 6.45) is -10.0. The molecule has 0 fully saturated rings. The van der Waals surface area contributed by atoms with Gasteiger partial charge in [0.1, 0.15) is 4.88 Å². The number of hydrogen-bond donors (Lipinski definition) is 2. The standard InChI is InChI=1S/C18H8Cl2F6N2OS2/c19-9-1-2-11-12(6-9)31-14(13(11)20)15(29)28-16(30)27-10-4-7(17(21,22)23)3-8(5-10)18(24,25)26/h1-6H,(H2,27,28,29,30). The summed E-state index contributed by atoms with van der Waals surface area (Å²) in [5, 5.41) is 4.92. The summed E-state index contributed by atoms with van der Waals surface area (Å²) in [5.41, 5.74) is -3.64. The van der Waals surface area contributed by atoms with E-state index in [0.29, 0.717) is 27.2 Å². The molecule has 1 heterocycles. The maximum absolute atomic E-state index is 13.0. The van der Waals surface area contributed by atoms with Crippen molar-refractivity contribution in [2.75, 3.05) is 5.32 Å². The normalized spacial score (nSPS) is 12.1. The topological polar surface area (TPSA) is 41.1 Å². The predicted molar refractivity (Wildman–Crippen MR) is 112 cm³/mol. The lowest BCUT2D eigenvalue weighted by Crippen LogP contribution is -2.34. The van der Waals surface area contributed by atoms with Gasteiger partial charge in [0, 0.05) is 20.8 Å². The quantitative estimate of drug-likeness (QED) is 0.276. The van der Waals surface area contributed by atoms with Crippen molar-refractivity contribution >= 4 is 73.5 Å². The second kappa shape index (κ2) is 8.45. The minimum absolute atomic E-state index is 0.0189. The highest BCUT2D eigenvalue weighted by atomic mass is 35.5. The maximum Gasteiger partial charge on any atom is 0.416 e. The van der Waals surface area contributed by atoms with Crippen LogP contribution in [0.25, 0.3) is 10.1 Å². The molecule has 0 saturated heterocycles. The van der Waals surface area contributed by atoms with E-state index in [0.717, 1.165) is 11.3 Å². The molecule has 0 bridgehead atoms. The number of thiocarbonyl (C=S) groups is 1. The number of halogens is 8. The van der Waals surface area contributed by atoms with Crippen LogP contribution in [-0.4, -0.2) is 11.0 Å². The van der Waals surface area contributed by atoms with Crippen LogP contribution in [0.15, 0.2) is 36.4 Å². The van der Waals surface area contributed by atoms with Gasteiger partial charge in [0.25, 0.3) is 5.91 Å². The highest BCUT2D eigenvalue weighted by Gasteiger charge is 2.37. The van der Waals surface area contributed by atoms with Gasteiger partial charge in [-0.05, 0) is 42.5 Å². The van der Waals surface area contributed by atoms with Crippen molar-refractivity contribution in [2.45, 2.75) is 12.4 Å². The Morgan fingerprint density at radius 2 is 1.52 bits per heavy atom. The first-order chi connectivity index (χ1) is 14.3. The fraction of sp³-hybridized carbons (Fsp3) is 0.111. The number of fused-ring (bicyclic) bond motifs is 1. The molecule has 0 saturated carbocycles. The number of anilines is 1. The molecule has 31 heavy (non-hydrogen) atoms. The molecule has 0 aliphatic rings. The molecule has 0 spiro atoms. The summed E-state index contributed by atoms with van der Waals surface area (Å²) >= 11 is 17.9.